The molecule has 3 heteroatoms. The Bertz CT molecular complexity index is 959. The van der Waals surface area contributed by atoms with Gasteiger partial charge in [0.15, 0.2) is 0 Å². The van der Waals surface area contributed by atoms with Crippen LogP contribution in [0.2, 0.25) is 0 Å². The van der Waals surface area contributed by atoms with Crippen LogP contribution in [0.3, 0.4) is 0 Å². The van der Waals surface area contributed by atoms with Crippen LogP contribution >= 0.6 is 0 Å². The average Bonchev–Trinajstić information content (AvgIpc) is 2.79. The van der Waals surface area contributed by atoms with Crippen molar-refractivity contribution in [2.75, 3.05) is 13.1 Å². The summed E-state index contributed by atoms with van der Waals surface area (Å²) >= 11 is 0. The standard InChI is InChI=1S/C26H28N2O/c27-19-22-9-5-10-24(18-22)23-12-14-28(15-13-23)26(29)25-11-4-8-21(17-25)16-20-6-2-1-3-7-20/h1-11,17-18,23H,12-16,19,27H2. The number of nitrogens with two attached hydrogens (primary N) is 1. The number of nitrogens with zero attached hydrogens (tertiary/aromatic N) is 1. The highest BCUT2D eigenvalue weighted by Crippen LogP contribution is 2.29. The molecule has 0 bridgehead atoms. The van der Waals surface area contributed by atoms with Gasteiger partial charge in [-0.25, -0.2) is 0 Å². The van der Waals surface area contributed by atoms with E-state index in [1.165, 1.54) is 22.3 Å². The number of amides is 1. The molecule has 3 aromatic carbocycles. The number of carbonyl (C=O) groups is 1. The van der Waals surface area contributed by atoms with E-state index in [1.807, 2.05) is 29.2 Å². The van der Waals surface area contributed by atoms with Crippen LogP contribution in [0.5, 0.6) is 0 Å². The summed E-state index contributed by atoms with van der Waals surface area (Å²) in [4.78, 5) is 15.1. The summed E-state index contributed by atoms with van der Waals surface area (Å²) in [5.74, 6) is 0.657. The Labute approximate surface area is 173 Å². The minimum atomic E-state index is 0.147. The summed E-state index contributed by atoms with van der Waals surface area (Å²) in [5, 5.41) is 0. The van der Waals surface area contributed by atoms with Gasteiger partial charge in [-0.3, -0.25) is 4.79 Å². The predicted molar refractivity (Wildman–Crippen MR) is 118 cm³/mol. The lowest BCUT2D eigenvalue weighted by Gasteiger charge is -2.32. The van der Waals surface area contributed by atoms with Gasteiger partial charge in [-0.15, -0.1) is 0 Å². The molecule has 0 spiro atoms. The van der Waals surface area contributed by atoms with Gasteiger partial charge in [0.1, 0.15) is 0 Å². The number of benzene rings is 3. The molecule has 0 saturated carbocycles. The fourth-order valence-corrected chi connectivity index (χ4v) is 4.22. The third-order valence-corrected chi connectivity index (χ3v) is 5.87. The number of hydrogen-bond donors (Lipinski definition) is 1. The molecule has 1 fully saturated rings. The van der Waals surface area contributed by atoms with Crippen LogP contribution in [0, 0.1) is 0 Å². The molecule has 1 saturated heterocycles. The summed E-state index contributed by atoms with van der Waals surface area (Å²) in [5.41, 5.74) is 11.5. The molecule has 0 aromatic heterocycles. The number of piperidine rings is 1. The molecule has 4 rings (SSSR count). The summed E-state index contributed by atoms with van der Waals surface area (Å²) in [7, 11) is 0. The molecular weight excluding hydrogens is 356 g/mol. The predicted octanol–water partition coefficient (Wildman–Crippen LogP) is 4.76. The molecule has 148 valence electrons. The molecule has 3 aromatic rings. The zero-order valence-electron chi connectivity index (χ0n) is 16.8. The number of hydrogen-bond acceptors (Lipinski definition) is 2. The normalized spacial score (nSPS) is 14.7. The molecule has 1 heterocycles. The van der Waals surface area contributed by atoms with Gasteiger partial charge in [0.25, 0.3) is 5.91 Å². The summed E-state index contributed by atoms with van der Waals surface area (Å²) in [6.45, 7) is 2.18. The topological polar surface area (TPSA) is 46.3 Å². The lowest BCUT2D eigenvalue weighted by Crippen LogP contribution is -2.38. The van der Waals surface area contributed by atoms with E-state index in [9.17, 15) is 4.79 Å². The van der Waals surface area contributed by atoms with Crippen molar-refractivity contribution in [1.82, 2.24) is 4.90 Å². The zero-order chi connectivity index (χ0) is 20.1. The van der Waals surface area contributed by atoms with Crippen molar-refractivity contribution in [3.63, 3.8) is 0 Å². The van der Waals surface area contributed by atoms with Gasteiger partial charge in [0, 0.05) is 25.2 Å². The average molecular weight is 385 g/mol. The second-order valence-electron chi connectivity index (χ2n) is 7.88. The first-order valence-electron chi connectivity index (χ1n) is 10.4. The fraction of sp³-hybridized carbons (Fsp3) is 0.269. The molecule has 0 aliphatic carbocycles. The van der Waals surface area contributed by atoms with Gasteiger partial charge < -0.3 is 10.6 Å². The maximum atomic E-state index is 13.1. The first kappa shape index (κ1) is 19.4. The van der Waals surface area contributed by atoms with Gasteiger partial charge in [-0.05, 0) is 59.6 Å². The van der Waals surface area contributed by atoms with E-state index in [4.69, 9.17) is 5.73 Å². The smallest absolute Gasteiger partial charge is 0.253 e. The Morgan fingerprint density at radius 2 is 1.52 bits per heavy atom. The Kier molecular flexibility index (Phi) is 6.06. The highest BCUT2D eigenvalue weighted by molar-refractivity contribution is 5.94. The minimum absolute atomic E-state index is 0.147. The first-order chi connectivity index (χ1) is 14.2. The van der Waals surface area contributed by atoms with E-state index in [2.05, 4.69) is 54.6 Å². The first-order valence-corrected chi connectivity index (χ1v) is 10.4. The van der Waals surface area contributed by atoms with E-state index in [1.54, 1.807) is 0 Å². The van der Waals surface area contributed by atoms with Crippen molar-refractivity contribution in [3.8, 4) is 0 Å². The lowest BCUT2D eigenvalue weighted by molar-refractivity contribution is 0.0713. The molecule has 29 heavy (non-hydrogen) atoms. The second-order valence-corrected chi connectivity index (χ2v) is 7.88. The van der Waals surface area contributed by atoms with Crippen LogP contribution < -0.4 is 5.73 Å². The van der Waals surface area contributed by atoms with Crippen LogP contribution in [0.15, 0.2) is 78.9 Å². The Morgan fingerprint density at radius 1 is 0.828 bits per heavy atom. The van der Waals surface area contributed by atoms with Gasteiger partial charge in [-0.2, -0.15) is 0 Å². The molecule has 2 N–H and O–H groups in total. The molecular formula is C26H28N2O. The number of carbonyl (C=O) groups excluding carboxylic acids is 1. The van der Waals surface area contributed by atoms with Gasteiger partial charge in [0.05, 0.1) is 0 Å². The molecule has 0 atom stereocenters. The summed E-state index contributed by atoms with van der Waals surface area (Å²) in [6.07, 6.45) is 2.86. The van der Waals surface area contributed by atoms with Gasteiger partial charge >= 0.3 is 0 Å². The number of rotatable bonds is 5. The van der Waals surface area contributed by atoms with Crippen molar-refractivity contribution in [1.29, 1.82) is 0 Å². The van der Waals surface area contributed by atoms with Gasteiger partial charge in [0.2, 0.25) is 0 Å². The largest absolute Gasteiger partial charge is 0.339 e. The highest BCUT2D eigenvalue weighted by Gasteiger charge is 2.24. The van der Waals surface area contributed by atoms with E-state index < -0.39 is 0 Å². The molecule has 1 aliphatic rings. The number of likely N-dealkylation sites (tertiary alicyclic amines) is 1. The highest BCUT2D eigenvalue weighted by atomic mass is 16.2. The van der Waals surface area contributed by atoms with Crippen molar-refractivity contribution in [2.45, 2.75) is 31.7 Å². The Hall–Kier alpha value is -2.91. The maximum absolute atomic E-state index is 13.1. The van der Waals surface area contributed by atoms with Crippen LogP contribution in [-0.2, 0) is 13.0 Å². The fourth-order valence-electron chi connectivity index (χ4n) is 4.22. The maximum Gasteiger partial charge on any atom is 0.253 e. The SMILES string of the molecule is NCc1cccc(C2CCN(C(=O)c3cccc(Cc4ccccc4)c3)CC2)c1. The summed E-state index contributed by atoms with van der Waals surface area (Å²) < 4.78 is 0. The lowest BCUT2D eigenvalue weighted by atomic mass is 9.88. The molecule has 0 radical (unpaired) electrons. The van der Waals surface area contributed by atoms with Crippen LogP contribution in [0.25, 0.3) is 0 Å². The van der Waals surface area contributed by atoms with Crippen molar-refractivity contribution in [2.24, 2.45) is 5.73 Å². The van der Waals surface area contributed by atoms with E-state index in [0.717, 1.165) is 37.9 Å². The zero-order valence-corrected chi connectivity index (χ0v) is 16.8. The second kappa shape index (κ2) is 9.06. The third kappa shape index (κ3) is 4.75. The van der Waals surface area contributed by atoms with Crippen molar-refractivity contribution in [3.05, 3.63) is 107 Å². The van der Waals surface area contributed by atoms with Gasteiger partial charge in [-0.1, -0.05) is 66.7 Å². The summed E-state index contributed by atoms with van der Waals surface area (Å²) in [6, 6.07) is 27.0. The molecule has 1 amide bonds. The van der Waals surface area contributed by atoms with E-state index in [-0.39, 0.29) is 5.91 Å². The molecule has 0 unspecified atom stereocenters. The van der Waals surface area contributed by atoms with Crippen molar-refractivity contribution < 1.29 is 4.79 Å². The van der Waals surface area contributed by atoms with Crippen molar-refractivity contribution >= 4 is 5.91 Å². The van der Waals surface area contributed by atoms with E-state index in [0.29, 0.717) is 12.5 Å². The third-order valence-electron chi connectivity index (χ3n) is 5.87. The van der Waals surface area contributed by atoms with Crippen LogP contribution in [0.4, 0.5) is 0 Å². The van der Waals surface area contributed by atoms with Crippen LogP contribution in [0.1, 0.15) is 51.4 Å². The minimum Gasteiger partial charge on any atom is -0.339 e. The molecule has 1 aliphatic heterocycles. The molecule has 3 nitrogen and oxygen atoms in total. The Morgan fingerprint density at radius 3 is 2.28 bits per heavy atom. The van der Waals surface area contributed by atoms with E-state index >= 15 is 0 Å². The monoisotopic (exact) mass is 384 g/mol. The quantitative estimate of drug-likeness (QED) is 0.690. The van der Waals surface area contributed by atoms with Crippen LogP contribution in [-0.4, -0.2) is 23.9 Å². The Balaban J connectivity index is 1.40.